The molecule has 0 aliphatic carbocycles. The van der Waals surface area contributed by atoms with Crippen molar-refractivity contribution in [3.05, 3.63) is 29.8 Å². The van der Waals surface area contributed by atoms with Crippen molar-refractivity contribution in [2.75, 3.05) is 19.7 Å². The van der Waals surface area contributed by atoms with Crippen molar-refractivity contribution in [2.24, 2.45) is 58.1 Å². The molecule has 1 aromatic rings. The summed E-state index contributed by atoms with van der Waals surface area (Å²) in [5, 5.41) is 43.2. The summed E-state index contributed by atoms with van der Waals surface area (Å²) in [6.07, 6.45) is 0.528. The average Bonchev–Trinajstić information content (AvgIpc) is 3.51. The van der Waals surface area contributed by atoms with E-state index in [4.69, 9.17) is 34.4 Å². The van der Waals surface area contributed by atoms with Gasteiger partial charge in [0.2, 0.25) is 70.9 Å². The molecule has 0 spiro atoms. The number of aromatic hydroxyl groups is 1. The number of unbranched alkanes of at least 4 members (excludes halogenated alkanes) is 2. The second-order valence-corrected chi connectivity index (χ2v) is 22.3. The lowest BCUT2D eigenvalue weighted by Crippen LogP contribution is -2.62. The number of aliphatic hydroxyl groups excluding tert-OH is 1. The van der Waals surface area contributed by atoms with E-state index in [-0.39, 0.29) is 68.6 Å². The summed E-state index contributed by atoms with van der Waals surface area (Å²) < 4.78 is 0. The highest BCUT2D eigenvalue weighted by Crippen LogP contribution is 2.16. The molecule has 0 aliphatic heterocycles. The molecule has 12 amide bonds. The number of nitrogens with two attached hydrogens (primary N) is 6. The molecule has 1 rings (SSSR count). The largest absolute Gasteiger partial charge is 0.508 e. The number of hydrogen-bond donors (Lipinski definition) is 17. The van der Waals surface area contributed by atoms with Crippen LogP contribution in [0.15, 0.2) is 24.3 Å². The molecule has 0 aromatic heterocycles. The Morgan fingerprint density at radius 1 is 0.464 bits per heavy atom. The second kappa shape index (κ2) is 38.4. The highest BCUT2D eigenvalue weighted by atomic mass is 16.3. The summed E-state index contributed by atoms with van der Waals surface area (Å²) in [7, 11) is 0. The van der Waals surface area contributed by atoms with Gasteiger partial charge in [-0.1, -0.05) is 73.9 Å². The smallest absolute Gasteiger partial charge is 0.245 e. The van der Waals surface area contributed by atoms with Gasteiger partial charge in [-0.25, -0.2) is 0 Å². The molecule has 0 saturated carbocycles. The van der Waals surface area contributed by atoms with Crippen LogP contribution in [-0.4, -0.2) is 161 Å². The number of carbonyl (C=O) groups is 12. The van der Waals surface area contributed by atoms with Gasteiger partial charge in [-0.15, -0.1) is 0 Å². The molecule has 0 fully saturated rings. The highest BCUT2D eigenvalue weighted by molar-refractivity contribution is 6.00. The summed E-state index contributed by atoms with van der Waals surface area (Å²) in [6, 6.07) is -8.46. The minimum Gasteiger partial charge on any atom is -0.508 e. The molecule has 29 nitrogen and oxygen atoms in total. The van der Waals surface area contributed by atoms with E-state index in [9.17, 15) is 67.7 Å². The number of phenols is 1. The molecular formula is C55H95N15O14. The fourth-order valence-corrected chi connectivity index (χ4v) is 8.46. The van der Waals surface area contributed by atoms with Gasteiger partial charge >= 0.3 is 0 Å². The van der Waals surface area contributed by atoms with Gasteiger partial charge in [-0.2, -0.15) is 0 Å². The SMILES string of the molecule is CC[C@H](C)[C@H](NC(=O)[C@H](CO)NC(=O)[C@H](CC(N)=O)NC(=O)[C@H](CC(C)C)NC(=O)[C@H](Cc1ccc(O)cc1)NC(=O)[C@H](CCCCN)NC(=O)[C@H](CCCCN)NC(=O)[C@@H](N)C(C)C)C(=O)N[C@@H](CC(C)C)C(=O)N[C@@H](CC(N)=O)C(N)=O. The predicted molar refractivity (Wildman–Crippen MR) is 310 cm³/mol. The lowest BCUT2D eigenvalue weighted by molar-refractivity contribution is -0.137. The van der Waals surface area contributed by atoms with E-state index >= 15 is 0 Å². The van der Waals surface area contributed by atoms with Crippen LogP contribution in [0.25, 0.3) is 0 Å². The molecule has 474 valence electrons. The number of hydrogen-bond acceptors (Lipinski definition) is 17. The predicted octanol–water partition coefficient (Wildman–Crippen LogP) is -4.09. The molecule has 0 heterocycles. The second-order valence-electron chi connectivity index (χ2n) is 22.3. The van der Waals surface area contributed by atoms with Crippen LogP contribution in [-0.2, 0) is 64.0 Å². The standard InChI is InChI=1S/C55H95N15O14/c1-9-31(8)45(55(84)68-38(23-29(4)5)49(78)64-36(46(61)75)25-42(58)73)70-53(82)41(27-71)69-52(81)40(26-43(59)74)67-50(79)37(22-28(2)3)65-51(80)39(24-32-16-18-33(72)19-17-32)66-48(77)34(14-10-12-20-56)62-47(76)35(15-11-13-21-57)63-54(83)44(60)30(6)7/h16-19,28-31,34-41,44-45,71-72H,9-15,20-27,56-57,60H2,1-8H3,(H2,58,73)(H2,59,74)(H2,61,75)(H,62,76)(H,63,83)(H,64,78)(H,65,80)(H,66,77)(H,67,79)(H,68,84)(H,69,81)(H,70,82)/t31-,34-,35-,36-,37-,38-,39-,40-,41-,44-,45-/m0/s1. The first-order valence-electron chi connectivity index (χ1n) is 28.5. The minimum absolute atomic E-state index is 0.0235. The van der Waals surface area contributed by atoms with Crippen LogP contribution in [0.1, 0.15) is 132 Å². The van der Waals surface area contributed by atoms with Crippen LogP contribution in [0.5, 0.6) is 5.75 Å². The third-order valence-corrected chi connectivity index (χ3v) is 13.6. The number of nitrogens with one attached hydrogen (secondary N) is 9. The fraction of sp³-hybridized carbons (Fsp3) is 0.673. The number of rotatable bonds is 41. The molecule has 0 unspecified atom stereocenters. The average molecular weight is 1190 g/mol. The molecule has 11 atom stereocenters. The van der Waals surface area contributed by atoms with E-state index in [1.807, 2.05) is 0 Å². The lowest BCUT2D eigenvalue weighted by atomic mass is 9.96. The van der Waals surface area contributed by atoms with Crippen LogP contribution >= 0.6 is 0 Å². The number of aliphatic hydroxyl groups is 1. The van der Waals surface area contributed by atoms with E-state index in [0.717, 1.165) is 0 Å². The maximum absolute atomic E-state index is 14.5. The number of amides is 12. The van der Waals surface area contributed by atoms with Crippen LogP contribution < -0.4 is 82.3 Å². The molecule has 0 saturated heterocycles. The first kappa shape index (κ1) is 74.5. The van der Waals surface area contributed by atoms with Gasteiger partial charge in [0.25, 0.3) is 0 Å². The van der Waals surface area contributed by atoms with Gasteiger partial charge in [-0.05, 0) is 106 Å². The van der Waals surface area contributed by atoms with Gasteiger partial charge < -0.3 is 92.5 Å². The third kappa shape index (κ3) is 27.7. The maximum Gasteiger partial charge on any atom is 0.245 e. The maximum atomic E-state index is 14.5. The summed E-state index contributed by atoms with van der Waals surface area (Å²) in [5.74, 6) is -12.7. The molecule has 84 heavy (non-hydrogen) atoms. The first-order valence-corrected chi connectivity index (χ1v) is 28.5. The van der Waals surface area contributed by atoms with Gasteiger partial charge in [0.05, 0.1) is 25.5 Å². The van der Waals surface area contributed by atoms with E-state index in [2.05, 4.69) is 47.9 Å². The van der Waals surface area contributed by atoms with E-state index < -0.39 is 157 Å². The van der Waals surface area contributed by atoms with Crippen molar-refractivity contribution in [1.29, 1.82) is 0 Å². The topological polar surface area (TPSA) is 510 Å². The summed E-state index contributed by atoms with van der Waals surface area (Å²) in [4.78, 5) is 161. The van der Waals surface area contributed by atoms with E-state index in [1.165, 1.54) is 24.3 Å². The number of benzene rings is 1. The number of primary amides is 3. The lowest BCUT2D eigenvalue weighted by Gasteiger charge is -2.29. The van der Waals surface area contributed by atoms with Gasteiger partial charge in [-0.3, -0.25) is 57.5 Å². The van der Waals surface area contributed by atoms with Gasteiger partial charge in [0.1, 0.15) is 60.1 Å². The highest BCUT2D eigenvalue weighted by Gasteiger charge is 2.37. The zero-order valence-corrected chi connectivity index (χ0v) is 49.8. The van der Waals surface area contributed by atoms with E-state index in [0.29, 0.717) is 37.8 Å². The molecular weight excluding hydrogens is 1090 g/mol. The normalized spacial score (nSPS) is 15.2. The summed E-state index contributed by atoms with van der Waals surface area (Å²) in [6.45, 7) is 13.2. The van der Waals surface area contributed by atoms with Crippen molar-refractivity contribution in [3.63, 3.8) is 0 Å². The number of carbonyl (C=O) groups excluding carboxylic acids is 12. The molecule has 1 aromatic carbocycles. The number of phenolic OH excluding ortho intramolecular Hbond substituents is 1. The van der Waals surface area contributed by atoms with Crippen molar-refractivity contribution in [2.45, 2.75) is 193 Å². The van der Waals surface area contributed by atoms with Crippen molar-refractivity contribution in [1.82, 2.24) is 47.9 Å². The fourth-order valence-electron chi connectivity index (χ4n) is 8.46. The Kier molecular flexibility index (Phi) is 34.0. The van der Waals surface area contributed by atoms with Crippen LogP contribution in [0.3, 0.4) is 0 Å². The summed E-state index contributed by atoms with van der Waals surface area (Å²) >= 11 is 0. The minimum atomic E-state index is -1.83. The Bertz CT molecular complexity index is 2360. The third-order valence-electron chi connectivity index (χ3n) is 13.6. The van der Waals surface area contributed by atoms with Gasteiger partial charge in [0, 0.05) is 6.42 Å². The Labute approximate surface area is 491 Å². The first-order chi connectivity index (χ1) is 39.4. The quantitative estimate of drug-likeness (QED) is 0.0277. The Morgan fingerprint density at radius 2 is 0.833 bits per heavy atom. The molecule has 23 N–H and O–H groups in total. The zero-order valence-electron chi connectivity index (χ0n) is 49.8. The zero-order chi connectivity index (χ0) is 64.0. The monoisotopic (exact) mass is 1190 g/mol. The Hall–Kier alpha value is -7.50. The Morgan fingerprint density at radius 3 is 1.26 bits per heavy atom. The van der Waals surface area contributed by atoms with Crippen LogP contribution in [0.4, 0.5) is 0 Å². The van der Waals surface area contributed by atoms with E-state index in [1.54, 1.807) is 55.4 Å². The summed E-state index contributed by atoms with van der Waals surface area (Å²) in [5.41, 5.74) is 34.1. The van der Waals surface area contributed by atoms with Crippen LogP contribution in [0, 0.1) is 23.7 Å². The molecule has 0 radical (unpaired) electrons. The molecule has 0 aliphatic rings. The van der Waals surface area contributed by atoms with Crippen molar-refractivity contribution >= 4 is 70.9 Å². The van der Waals surface area contributed by atoms with Crippen molar-refractivity contribution < 1.29 is 67.7 Å². The Balaban J connectivity index is 3.60. The van der Waals surface area contributed by atoms with Gasteiger partial charge in [0.15, 0.2) is 0 Å². The van der Waals surface area contributed by atoms with Crippen LogP contribution in [0.2, 0.25) is 0 Å². The molecule has 29 heteroatoms. The molecule has 0 bridgehead atoms. The van der Waals surface area contributed by atoms with Crippen molar-refractivity contribution in [3.8, 4) is 5.75 Å².